The Kier molecular flexibility index (Phi) is 3.27. The van der Waals surface area contributed by atoms with E-state index in [4.69, 9.17) is 0 Å². The van der Waals surface area contributed by atoms with Gasteiger partial charge in [0.1, 0.15) is 0 Å². The molecule has 17 heavy (non-hydrogen) atoms. The molecule has 0 nitrogen and oxygen atoms in total. The molecule has 0 spiro atoms. The van der Waals surface area contributed by atoms with E-state index in [1.165, 1.54) is 6.07 Å². The minimum Gasteiger partial charge on any atom is -0.166 e. The Morgan fingerprint density at radius 3 is 2.47 bits per heavy atom. The summed E-state index contributed by atoms with van der Waals surface area (Å²) < 4.78 is 38.6. The van der Waals surface area contributed by atoms with Crippen LogP contribution in [-0.4, -0.2) is 0 Å². The average Bonchev–Trinajstić information content (AvgIpc) is 2.29. The summed E-state index contributed by atoms with van der Waals surface area (Å²) in [6.45, 7) is 2.13. The maximum Gasteiger partial charge on any atom is 0.416 e. The van der Waals surface area contributed by atoms with E-state index in [0.717, 1.165) is 30.9 Å². The van der Waals surface area contributed by atoms with Crippen LogP contribution in [0.4, 0.5) is 13.2 Å². The normalized spacial score (nSPS) is 21.2. The van der Waals surface area contributed by atoms with Gasteiger partial charge in [0, 0.05) is 0 Å². The van der Waals surface area contributed by atoms with Crippen LogP contribution in [0.1, 0.15) is 37.3 Å². The van der Waals surface area contributed by atoms with Gasteiger partial charge >= 0.3 is 6.18 Å². The summed E-state index contributed by atoms with van der Waals surface area (Å²) in [5, 5.41) is 0. The molecule has 0 amide bonds. The van der Waals surface area contributed by atoms with Gasteiger partial charge in [-0.2, -0.15) is 13.2 Å². The zero-order valence-electron chi connectivity index (χ0n) is 9.72. The lowest BCUT2D eigenvalue weighted by Gasteiger charge is -2.21. The van der Waals surface area contributed by atoms with E-state index in [-0.39, 0.29) is 0 Å². The van der Waals surface area contributed by atoms with Crippen LogP contribution >= 0.6 is 0 Å². The van der Waals surface area contributed by atoms with Gasteiger partial charge in [-0.25, -0.2) is 0 Å². The van der Waals surface area contributed by atoms with Crippen molar-refractivity contribution in [1.29, 1.82) is 0 Å². The van der Waals surface area contributed by atoms with Crippen LogP contribution < -0.4 is 0 Å². The number of alkyl halides is 3. The van der Waals surface area contributed by atoms with Crippen molar-refractivity contribution in [3.63, 3.8) is 0 Å². The van der Waals surface area contributed by atoms with Crippen molar-refractivity contribution < 1.29 is 13.2 Å². The molecule has 3 heteroatoms. The van der Waals surface area contributed by atoms with Crippen molar-refractivity contribution in [3.8, 4) is 0 Å². The smallest absolute Gasteiger partial charge is 0.166 e. The Morgan fingerprint density at radius 2 is 1.88 bits per heavy atom. The fourth-order valence-corrected chi connectivity index (χ4v) is 2.22. The molecule has 1 aromatic carbocycles. The average molecular weight is 240 g/mol. The van der Waals surface area contributed by atoms with Gasteiger partial charge in [-0.3, -0.25) is 0 Å². The lowest BCUT2D eigenvalue weighted by atomic mass is 9.86. The molecule has 0 aromatic heterocycles. The molecule has 92 valence electrons. The van der Waals surface area contributed by atoms with Crippen molar-refractivity contribution in [2.75, 3.05) is 0 Å². The molecule has 2 rings (SSSR count). The molecule has 1 aliphatic carbocycles. The van der Waals surface area contributed by atoms with Crippen LogP contribution in [0.2, 0.25) is 0 Å². The molecule has 0 radical (unpaired) electrons. The third kappa shape index (κ3) is 2.71. The predicted octanol–water partition coefficient (Wildman–Crippen LogP) is 4.91. The molecule has 1 aromatic rings. The second-order valence-electron chi connectivity index (χ2n) is 4.65. The van der Waals surface area contributed by atoms with Crippen molar-refractivity contribution in [3.05, 3.63) is 41.5 Å². The van der Waals surface area contributed by atoms with Crippen LogP contribution in [-0.2, 0) is 6.18 Å². The number of hydrogen-bond donors (Lipinski definition) is 0. The van der Waals surface area contributed by atoms with E-state index in [0.29, 0.717) is 11.5 Å². The summed E-state index contributed by atoms with van der Waals surface area (Å²) in [7, 11) is 0. The quantitative estimate of drug-likeness (QED) is 0.654. The summed E-state index contributed by atoms with van der Waals surface area (Å²) >= 11 is 0. The maximum absolute atomic E-state index is 12.9. The van der Waals surface area contributed by atoms with Gasteiger partial charge in [-0.1, -0.05) is 31.2 Å². The molecule has 0 heterocycles. The first-order chi connectivity index (χ1) is 7.98. The van der Waals surface area contributed by atoms with Gasteiger partial charge in [0.15, 0.2) is 0 Å². The Labute approximate surface area is 99.2 Å². The summed E-state index contributed by atoms with van der Waals surface area (Å²) in [6, 6.07) is 5.85. The van der Waals surface area contributed by atoms with E-state index in [1.807, 2.05) is 6.08 Å². The molecule has 1 aliphatic rings. The molecule has 0 N–H and O–H groups in total. The Morgan fingerprint density at radius 1 is 1.18 bits per heavy atom. The third-order valence-electron chi connectivity index (χ3n) is 3.25. The molecular weight excluding hydrogens is 225 g/mol. The van der Waals surface area contributed by atoms with E-state index in [9.17, 15) is 13.2 Å². The summed E-state index contributed by atoms with van der Waals surface area (Å²) in [5.74, 6) is 0.580. The topological polar surface area (TPSA) is 0 Å². The number of hydrogen-bond acceptors (Lipinski definition) is 0. The highest BCUT2D eigenvalue weighted by Crippen LogP contribution is 2.38. The van der Waals surface area contributed by atoms with E-state index >= 15 is 0 Å². The van der Waals surface area contributed by atoms with E-state index in [1.54, 1.807) is 12.1 Å². The highest BCUT2D eigenvalue weighted by Gasteiger charge is 2.33. The fraction of sp³-hybridized carbons (Fsp3) is 0.429. The van der Waals surface area contributed by atoms with Crippen LogP contribution in [0, 0.1) is 5.92 Å². The summed E-state index contributed by atoms with van der Waals surface area (Å²) in [5.41, 5.74) is 0.684. The second-order valence-corrected chi connectivity index (χ2v) is 4.65. The van der Waals surface area contributed by atoms with Gasteiger partial charge in [0.05, 0.1) is 5.56 Å². The maximum atomic E-state index is 12.9. The first-order valence-electron chi connectivity index (χ1n) is 5.84. The van der Waals surface area contributed by atoms with Crippen LogP contribution in [0.15, 0.2) is 30.3 Å². The standard InChI is InChI=1S/C14H15F3/c1-10-6-8-11(9-7-10)12-4-2-3-5-13(12)14(15,16)17/h2-5,8,10H,6-7,9H2,1H3. The highest BCUT2D eigenvalue weighted by molar-refractivity contribution is 5.69. The van der Waals surface area contributed by atoms with Gasteiger partial charge in [0.2, 0.25) is 0 Å². The highest BCUT2D eigenvalue weighted by atomic mass is 19.4. The number of allylic oxidation sites excluding steroid dienone is 2. The number of rotatable bonds is 1. The van der Waals surface area contributed by atoms with Crippen LogP contribution in [0.5, 0.6) is 0 Å². The van der Waals surface area contributed by atoms with E-state index in [2.05, 4.69) is 6.92 Å². The zero-order chi connectivity index (χ0) is 12.5. The Balaban J connectivity index is 2.39. The molecule has 0 bridgehead atoms. The molecule has 1 atom stereocenters. The fourth-order valence-electron chi connectivity index (χ4n) is 2.22. The monoisotopic (exact) mass is 240 g/mol. The largest absolute Gasteiger partial charge is 0.416 e. The van der Waals surface area contributed by atoms with Gasteiger partial charge in [0.25, 0.3) is 0 Å². The Bertz CT molecular complexity index is 429. The molecule has 1 unspecified atom stereocenters. The summed E-state index contributed by atoms with van der Waals surface area (Å²) in [6.07, 6.45) is 0.285. The van der Waals surface area contributed by atoms with Gasteiger partial charge < -0.3 is 0 Å². The lowest BCUT2D eigenvalue weighted by Crippen LogP contribution is -2.10. The van der Waals surface area contributed by atoms with Crippen LogP contribution in [0.3, 0.4) is 0 Å². The van der Waals surface area contributed by atoms with Crippen molar-refractivity contribution in [2.24, 2.45) is 5.92 Å². The van der Waals surface area contributed by atoms with Crippen LogP contribution in [0.25, 0.3) is 5.57 Å². The molecule has 0 saturated carbocycles. The van der Waals surface area contributed by atoms with E-state index < -0.39 is 11.7 Å². The molecule has 0 fully saturated rings. The molecule has 0 saturated heterocycles. The van der Waals surface area contributed by atoms with Gasteiger partial charge in [-0.15, -0.1) is 0 Å². The number of halogens is 3. The zero-order valence-corrected chi connectivity index (χ0v) is 9.72. The van der Waals surface area contributed by atoms with Crippen molar-refractivity contribution >= 4 is 5.57 Å². The molecule has 0 aliphatic heterocycles. The Hall–Kier alpha value is -1.25. The predicted molar refractivity (Wildman–Crippen MR) is 62.4 cm³/mol. The minimum absolute atomic E-state index is 0.354. The number of benzene rings is 1. The molecular formula is C14H15F3. The first-order valence-corrected chi connectivity index (χ1v) is 5.84. The van der Waals surface area contributed by atoms with Crippen molar-refractivity contribution in [1.82, 2.24) is 0 Å². The summed E-state index contributed by atoms with van der Waals surface area (Å²) in [4.78, 5) is 0. The third-order valence-corrected chi connectivity index (χ3v) is 3.25. The van der Waals surface area contributed by atoms with Crippen molar-refractivity contribution in [2.45, 2.75) is 32.4 Å². The SMILES string of the molecule is CC1CC=C(c2ccccc2C(F)(F)F)CC1. The minimum atomic E-state index is -4.26. The lowest BCUT2D eigenvalue weighted by molar-refractivity contribution is -0.137. The first kappa shape index (κ1) is 12.2. The second kappa shape index (κ2) is 4.55. The van der Waals surface area contributed by atoms with Gasteiger partial charge in [-0.05, 0) is 42.4 Å².